The summed E-state index contributed by atoms with van der Waals surface area (Å²) in [6, 6.07) is 7.42. The van der Waals surface area contributed by atoms with Crippen LogP contribution in [0.3, 0.4) is 0 Å². The second-order valence-corrected chi connectivity index (χ2v) is 6.84. The Kier molecular flexibility index (Phi) is 2.67. The van der Waals surface area contributed by atoms with E-state index in [9.17, 15) is 5.11 Å². The first-order valence-electron chi connectivity index (χ1n) is 7.10. The number of aromatic hydroxyl groups is 1. The lowest BCUT2D eigenvalue weighted by Crippen LogP contribution is -2.34. The zero-order valence-electron chi connectivity index (χ0n) is 12.0. The Morgan fingerprint density at radius 1 is 1.16 bits per heavy atom. The van der Waals surface area contributed by atoms with Crippen molar-refractivity contribution in [2.24, 2.45) is 10.8 Å². The molecule has 2 aliphatic rings. The highest BCUT2D eigenvalue weighted by atomic mass is 16.5. The van der Waals surface area contributed by atoms with Crippen LogP contribution in [0.2, 0.25) is 0 Å². The van der Waals surface area contributed by atoms with Crippen LogP contribution in [-0.4, -0.2) is 11.7 Å². The Morgan fingerprint density at radius 3 is 2.68 bits per heavy atom. The molecule has 0 unspecified atom stereocenters. The van der Waals surface area contributed by atoms with E-state index in [1.54, 1.807) is 12.1 Å². The highest BCUT2D eigenvalue weighted by Crippen LogP contribution is 2.57. The van der Waals surface area contributed by atoms with Gasteiger partial charge in [-0.25, -0.2) is 0 Å². The summed E-state index contributed by atoms with van der Waals surface area (Å²) in [5.41, 5.74) is 2.80. The van der Waals surface area contributed by atoms with Gasteiger partial charge in [-0.3, -0.25) is 0 Å². The fourth-order valence-electron chi connectivity index (χ4n) is 3.89. The van der Waals surface area contributed by atoms with Crippen molar-refractivity contribution < 1.29 is 9.84 Å². The highest BCUT2D eigenvalue weighted by molar-refractivity contribution is 5.69. The van der Waals surface area contributed by atoms with Crippen molar-refractivity contribution in [1.29, 1.82) is 0 Å². The van der Waals surface area contributed by atoms with Gasteiger partial charge >= 0.3 is 0 Å². The average Bonchev–Trinajstić information content (AvgIpc) is 2.68. The predicted molar refractivity (Wildman–Crippen MR) is 76.7 cm³/mol. The molecular weight excluding hydrogens is 236 g/mol. The van der Waals surface area contributed by atoms with Gasteiger partial charge in [0.2, 0.25) is 0 Å². The zero-order chi connectivity index (χ0) is 13.7. The summed E-state index contributed by atoms with van der Waals surface area (Å²) in [5.74, 6) is 1.31. The lowest BCUT2D eigenvalue weighted by atomic mass is 9.61. The van der Waals surface area contributed by atoms with Crippen molar-refractivity contribution >= 4 is 5.76 Å². The van der Waals surface area contributed by atoms with Gasteiger partial charge in [0.1, 0.15) is 11.5 Å². The Labute approximate surface area is 115 Å². The average molecular weight is 258 g/mol. The third-order valence-electron chi connectivity index (χ3n) is 4.68. The molecule has 1 N–H and O–H groups in total. The van der Waals surface area contributed by atoms with Crippen molar-refractivity contribution in [3.63, 3.8) is 0 Å². The van der Waals surface area contributed by atoms with Gasteiger partial charge in [-0.05, 0) is 36.0 Å². The maximum absolute atomic E-state index is 9.69. The molecular formula is C17H22O2. The van der Waals surface area contributed by atoms with Crippen molar-refractivity contribution in [1.82, 2.24) is 0 Å². The molecule has 102 valence electrons. The van der Waals surface area contributed by atoms with E-state index in [0.717, 1.165) is 17.9 Å². The summed E-state index contributed by atoms with van der Waals surface area (Å²) in [6.07, 6.45) is 3.68. The van der Waals surface area contributed by atoms with E-state index in [0.29, 0.717) is 5.75 Å². The lowest BCUT2D eigenvalue weighted by Gasteiger charge is -2.41. The lowest BCUT2D eigenvalue weighted by molar-refractivity contribution is 0.152. The summed E-state index contributed by atoms with van der Waals surface area (Å²) >= 11 is 0. The number of hydrogen-bond donors (Lipinski definition) is 1. The Morgan fingerprint density at radius 2 is 1.95 bits per heavy atom. The smallest absolute Gasteiger partial charge is 0.127 e. The van der Waals surface area contributed by atoms with Crippen LogP contribution in [0.15, 0.2) is 29.8 Å². The molecule has 0 amide bonds. The summed E-state index contributed by atoms with van der Waals surface area (Å²) in [7, 11) is 0. The van der Waals surface area contributed by atoms with Crippen molar-refractivity contribution in [2.75, 3.05) is 6.61 Å². The number of phenols is 1. The number of rotatable bonds is 1. The van der Waals surface area contributed by atoms with Crippen LogP contribution in [0, 0.1) is 10.8 Å². The van der Waals surface area contributed by atoms with Crippen LogP contribution >= 0.6 is 0 Å². The molecule has 1 saturated carbocycles. The second kappa shape index (κ2) is 4.03. The molecule has 3 rings (SSSR count). The van der Waals surface area contributed by atoms with E-state index in [-0.39, 0.29) is 10.8 Å². The van der Waals surface area contributed by atoms with E-state index < -0.39 is 0 Å². The number of benzene rings is 1. The first kappa shape index (κ1) is 12.6. The molecule has 1 fully saturated rings. The van der Waals surface area contributed by atoms with E-state index >= 15 is 0 Å². The Bertz CT molecular complexity index is 542. The molecule has 0 bridgehead atoms. The highest BCUT2D eigenvalue weighted by Gasteiger charge is 2.48. The van der Waals surface area contributed by atoms with Crippen LogP contribution in [0.25, 0.3) is 5.76 Å². The Balaban J connectivity index is 2.16. The van der Waals surface area contributed by atoms with Crippen molar-refractivity contribution in [3.05, 3.63) is 35.4 Å². The molecule has 1 aromatic carbocycles. The van der Waals surface area contributed by atoms with Gasteiger partial charge in [0.25, 0.3) is 0 Å². The molecule has 0 radical (unpaired) electrons. The molecule has 2 heteroatoms. The first-order chi connectivity index (χ1) is 8.92. The largest absolute Gasteiger partial charge is 0.508 e. The van der Waals surface area contributed by atoms with Crippen LogP contribution in [-0.2, 0) is 4.74 Å². The topological polar surface area (TPSA) is 29.5 Å². The van der Waals surface area contributed by atoms with Gasteiger partial charge in [-0.2, -0.15) is 0 Å². The summed E-state index contributed by atoms with van der Waals surface area (Å²) in [5, 5.41) is 9.69. The van der Waals surface area contributed by atoms with Crippen LogP contribution < -0.4 is 0 Å². The molecule has 1 atom stereocenters. The molecule has 1 heterocycles. The van der Waals surface area contributed by atoms with Crippen LogP contribution in [0.4, 0.5) is 0 Å². The molecule has 0 saturated heterocycles. The van der Waals surface area contributed by atoms with Gasteiger partial charge in [-0.1, -0.05) is 39.3 Å². The second-order valence-electron chi connectivity index (χ2n) is 6.84. The summed E-state index contributed by atoms with van der Waals surface area (Å²) in [6.45, 7) is 7.73. The molecule has 1 aromatic rings. The third kappa shape index (κ3) is 1.94. The predicted octanol–water partition coefficient (Wildman–Crippen LogP) is 4.35. The van der Waals surface area contributed by atoms with Crippen LogP contribution in [0.5, 0.6) is 5.75 Å². The molecule has 0 aromatic heterocycles. The Hall–Kier alpha value is -1.44. The van der Waals surface area contributed by atoms with Gasteiger partial charge < -0.3 is 9.84 Å². The van der Waals surface area contributed by atoms with Gasteiger partial charge in [0.05, 0.1) is 6.61 Å². The van der Waals surface area contributed by atoms with Gasteiger partial charge in [0, 0.05) is 11.0 Å². The molecule has 1 aliphatic heterocycles. The van der Waals surface area contributed by atoms with E-state index in [4.69, 9.17) is 4.74 Å². The SMILES string of the molecule is CC1(C)CCC[C@]2(C)COC(c3cccc(O)c3)=C12. The zero-order valence-corrected chi connectivity index (χ0v) is 12.0. The quantitative estimate of drug-likeness (QED) is 0.811. The fraction of sp³-hybridized carbons (Fsp3) is 0.529. The van der Waals surface area contributed by atoms with Gasteiger partial charge in [-0.15, -0.1) is 0 Å². The van der Waals surface area contributed by atoms with E-state index in [2.05, 4.69) is 20.8 Å². The fourth-order valence-corrected chi connectivity index (χ4v) is 3.89. The molecule has 19 heavy (non-hydrogen) atoms. The van der Waals surface area contributed by atoms with E-state index in [1.165, 1.54) is 24.8 Å². The van der Waals surface area contributed by atoms with Gasteiger partial charge in [0.15, 0.2) is 0 Å². The monoisotopic (exact) mass is 258 g/mol. The number of fused-ring (bicyclic) bond motifs is 1. The van der Waals surface area contributed by atoms with E-state index in [1.807, 2.05) is 12.1 Å². The van der Waals surface area contributed by atoms with Crippen LogP contribution in [0.1, 0.15) is 45.6 Å². The molecule has 1 aliphatic carbocycles. The molecule has 2 nitrogen and oxygen atoms in total. The standard InChI is InChI=1S/C17H22O2/c1-16(2)8-5-9-17(3)11-19-14(15(16)17)12-6-4-7-13(18)10-12/h4,6-7,10,18H,5,8-9,11H2,1-3H3/t17-/m1/s1. The number of hydrogen-bond acceptors (Lipinski definition) is 2. The van der Waals surface area contributed by atoms with Crippen molar-refractivity contribution in [3.8, 4) is 5.75 Å². The maximum Gasteiger partial charge on any atom is 0.127 e. The minimum absolute atomic E-state index is 0.169. The third-order valence-corrected chi connectivity index (χ3v) is 4.68. The normalized spacial score (nSPS) is 29.0. The maximum atomic E-state index is 9.69. The summed E-state index contributed by atoms with van der Waals surface area (Å²) < 4.78 is 6.05. The minimum Gasteiger partial charge on any atom is -0.508 e. The minimum atomic E-state index is 0.169. The van der Waals surface area contributed by atoms with Crippen molar-refractivity contribution in [2.45, 2.75) is 40.0 Å². The first-order valence-corrected chi connectivity index (χ1v) is 7.10. The number of phenolic OH excluding ortho intramolecular Hbond substituents is 1. The summed E-state index contributed by atoms with van der Waals surface area (Å²) in [4.78, 5) is 0. The number of ether oxygens (including phenoxy) is 1. The molecule has 0 spiro atoms.